The number of aromatic nitrogens is 1. The van der Waals surface area contributed by atoms with Gasteiger partial charge in [0.25, 0.3) is 5.91 Å². The second-order valence-corrected chi connectivity index (χ2v) is 3.73. The molecule has 4 N–H and O–H groups in total. The molecule has 0 aliphatic carbocycles. The van der Waals surface area contributed by atoms with E-state index < -0.39 is 0 Å². The summed E-state index contributed by atoms with van der Waals surface area (Å²) in [6.07, 6.45) is 0. The summed E-state index contributed by atoms with van der Waals surface area (Å²) >= 11 is 1.35. The highest BCUT2D eigenvalue weighted by atomic mass is 32.1. The van der Waals surface area contributed by atoms with Crippen LogP contribution in [0.1, 0.15) is 17.4 Å². The molecule has 1 unspecified atom stereocenters. The molecule has 0 spiro atoms. The fourth-order valence-corrected chi connectivity index (χ4v) is 1.40. The minimum Gasteiger partial charge on any atom is -0.409 e. The normalized spacial score (nSPS) is 13.5. The van der Waals surface area contributed by atoms with Crippen molar-refractivity contribution in [3.63, 3.8) is 0 Å². The molecule has 7 heteroatoms. The van der Waals surface area contributed by atoms with Crippen LogP contribution in [0.5, 0.6) is 0 Å². The molecule has 1 aromatic heterocycles. The van der Waals surface area contributed by atoms with Crippen LogP contribution in [-0.4, -0.2) is 28.5 Å². The second-order valence-electron chi connectivity index (χ2n) is 3.01. The summed E-state index contributed by atoms with van der Waals surface area (Å²) in [5, 5.41) is 15.5. The molecule has 82 valence electrons. The van der Waals surface area contributed by atoms with E-state index >= 15 is 0 Å². The van der Waals surface area contributed by atoms with Crippen LogP contribution in [0, 0.1) is 5.92 Å². The third-order valence-electron chi connectivity index (χ3n) is 1.85. The van der Waals surface area contributed by atoms with Gasteiger partial charge in [0.15, 0.2) is 0 Å². The quantitative estimate of drug-likeness (QED) is 0.298. The third kappa shape index (κ3) is 3.21. The smallest absolute Gasteiger partial charge is 0.270 e. The number of thiazole rings is 1. The lowest BCUT2D eigenvalue weighted by Crippen LogP contribution is -2.34. The number of amides is 1. The van der Waals surface area contributed by atoms with Gasteiger partial charge in [-0.15, -0.1) is 11.3 Å². The number of carbonyl (C=O) groups is 1. The topological polar surface area (TPSA) is 101 Å². The van der Waals surface area contributed by atoms with E-state index in [1.807, 2.05) is 0 Å². The molecule has 1 atom stereocenters. The summed E-state index contributed by atoms with van der Waals surface area (Å²) in [5.41, 5.74) is 7.32. The number of oxime groups is 1. The molecule has 1 amide bonds. The first kappa shape index (κ1) is 11.4. The highest BCUT2D eigenvalue weighted by molar-refractivity contribution is 7.07. The van der Waals surface area contributed by atoms with Crippen molar-refractivity contribution in [2.24, 2.45) is 16.8 Å². The first-order valence-corrected chi connectivity index (χ1v) is 5.23. The average Bonchev–Trinajstić information content (AvgIpc) is 2.77. The van der Waals surface area contributed by atoms with Crippen LogP contribution in [0.2, 0.25) is 0 Å². The standard InChI is InChI=1S/C8H12N4O2S/c1-5(7(9)12-14)2-10-8(13)6-3-15-4-11-6/h3-5,14H,2H2,1H3,(H2,9,12)(H,10,13). The Labute approximate surface area is 90.8 Å². The maximum absolute atomic E-state index is 11.4. The van der Waals surface area contributed by atoms with E-state index in [-0.39, 0.29) is 17.7 Å². The summed E-state index contributed by atoms with van der Waals surface area (Å²) in [4.78, 5) is 15.3. The van der Waals surface area contributed by atoms with Crippen LogP contribution < -0.4 is 11.1 Å². The van der Waals surface area contributed by atoms with Gasteiger partial charge in [0.05, 0.1) is 5.51 Å². The summed E-state index contributed by atoms with van der Waals surface area (Å²) in [5.74, 6) is -0.375. The van der Waals surface area contributed by atoms with E-state index in [0.717, 1.165) is 0 Å². The largest absolute Gasteiger partial charge is 0.409 e. The van der Waals surface area contributed by atoms with Gasteiger partial charge in [0, 0.05) is 17.8 Å². The van der Waals surface area contributed by atoms with Crippen molar-refractivity contribution >= 4 is 23.1 Å². The average molecular weight is 228 g/mol. The highest BCUT2D eigenvalue weighted by Crippen LogP contribution is 2.01. The molecule has 0 saturated carbocycles. The summed E-state index contributed by atoms with van der Waals surface area (Å²) in [7, 11) is 0. The molecule has 6 nitrogen and oxygen atoms in total. The summed E-state index contributed by atoms with van der Waals surface area (Å²) in [6.45, 7) is 2.06. The lowest BCUT2D eigenvalue weighted by Gasteiger charge is -2.09. The maximum atomic E-state index is 11.4. The van der Waals surface area contributed by atoms with E-state index in [1.165, 1.54) is 11.3 Å². The highest BCUT2D eigenvalue weighted by Gasteiger charge is 2.11. The number of amidine groups is 1. The molecular weight excluding hydrogens is 216 g/mol. The van der Waals surface area contributed by atoms with Crippen molar-refractivity contribution in [1.82, 2.24) is 10.3 Å². The van der Waals surface area contributed by atoms with Gasteiger partial charge in [-0.05, 0) is 0 Å². The van der Waals surface area contributed by atoms with Gasteiger partial charge in [-0.3, -0.25) is 4.79 Å². The summed E-state index contributed by atoms with van der Waals surface area (Å²) < 4.78 is 0. The van der Waals surface area contributed by atoms with Crippen molar-refractivity contribution in [2.45, 2.75) is 6.92 Å². The monoisotopic (exact) mass is 228 g/mol. The van der Waals surface area contributed by atoms with Gasteiger partial charge in [-0.1, -0.05) is 12.1 Å². The number of carbonyl (C=O) groups excluding carboxylic acids is 1. The van der Waals surface area contributed by atoms with Crippen molar-refractivity contribution in [1.29, 1.82) is 0 Å². The van der Waals surface area contributed by atoms with E-state index in [9.17, 15) is 4.79 Å². The third-order valence-corrected chi connectivity index (χ3v) is 2.44. The molecule has 1 rings (SSSR count). The van der Waals surface area contributed by atoms with E-state index in [1.54, 1.807) is 17.8 Å². The number of hydrogen-bond acceptors (Lipinski definition) is 5. The van der Waals surface area contributed by atoms with Crippen LogP contribution in [-0.2, 0) is 0 Å². The number of hydrogen-bond donors (Lipinski definition) is 3. The number of nitrogens with zero attached hydrogens (tertiary/aromatic N) is 2. The van der Waals surface area contributed by atoms with E-state index in [0.29, 0.717) is 12.2 Å². The van der Waals surface area contributed by atoms with Crippen LogP contribution in [0.3, 0.4) is 0 Å². The Kier molecular flexibility index (Phi) is 4.04. The molecule has 0 aliphatic heterocycles. The minimum atomic E-state index is -0.256. The Hall–Kier alpha value is -1.63. The van der Waals surface area contributed by atoms with Crippen LogP contribution in [0.25, 0.3) is 0 Å². The molecular formula is C8H12N4O2S. The first-order chi connectivity index (χ1) is 7.15. The predicted octanol–water partition coefficient (Wildman–Crippen LogP) is 0.255. The Balaban J connectivity index is 2.41. The number of nitrogens with two attached hydrogens (primary N) is 1. The lowest BCUT2D eigenvalue weighted by atomic mass is 10.1. The molecule has 0 aliphatic rings. The summed E-state index contributed by atoms with van der Waals surface area (Å²) in [6, 6.07) is 0. The molecule has 0 radical (unpaired) electrons. The molecule has 1 heterocycles. The first-order valence-electron chi connectivity index (χ1n) is 4.29. The van der Waals surface area contributed by atoms with Crippen molar-refractivity contribution < 1.29 is 10.0 Å². The molecule has 1 aromatic rings. The zero-order valence-electron chi connectivity index (χ0n) is 8.17. The van der Waals surface area contributed by atoms with Gasteiger partial charge in [0.1, 0.15) is 11.5 Å². The van der Waals surface area contributed by atoms with Crippen molar-refractivity contribution in [3.05, 3.63) is 16.6 Å². The van der Waals surface area contributed by atoms with E-state index in [4.69, 9.17) is 10.9 Å². The molecule has 0 saturated heterocycles. The van der Waals surface area contributed by atoms with Gasteiger partial charge >= 0.3 is 0 Å². The number of nitrogens with one attached hydrogen (secondary N) is 1. The van der Waals surface area contributed by atoms with E-state index in [2.05, 4.69) is 15.5 Å². The van der Waals surface area contributed by atoms with Gasteiger partial charge in [0.2, 0.25) is 0 Å². The zero-order valence-corrected chi connectivity index (χ0v) is 8.99. The van der Waals surface area contributed by atoms with Gasteiger partial charge < -0.3 is 16.3 Å². The minimum absolute atomic E-state index is 0.0913. The maximum Gasteiger partial charge on any atom is 0.270 e. The molecule has 0 bridgehead atoms. The van der Waals surface area contributed by atoms with Crippen LogP contribution in [0.4, 0.5) is 0 Å². The van der Waals surface area contributed by atoms with Crippen molar-refractivity contribution in [3.8, 4) is 0 Å². The van der Waals surface area contributed by atoms with Crippen LogP contribution >= 0.6 is 11.3 Å². The fraction of sp³-hybridized carbons (Fsp3) is 0.375. The second kappa shape index (κ2) is 5.30. The van der Waals surface area contributed by atoms with Gasteiger partial charge in [-0.25, -0.2) is 4.98 Å². The zero-order chi connectivity index (χ0) is 11.3. The Morgan fingerprint density at radius 1 is 1.87 bits per heavy atom. The molecule has 15 heavy (non-hydrogen) atoms. The Morgan fingerprint density at radius 3 is 3.13 bits per heavy atom. The SMILES string of the molecule is CC(CNC(=O)c1cscn1)C(N)=NO. The molecule has 0 aromatic carbocycles. The molecule has 0 fully saturated rings. The van der Waals surface area contributed by atoms with Crippen molar-refractivity contribution in [2.75, 3.05) is 6.54 Å². The van der Waals surface area contributed by atoms with Gasteiger partial charge in [-0.2, -0.15) is 0 Å². The fourth-order valence-electron chi connectivity index (χ4n) is 0.864. The number of rotatable bonds is 4. The Morgan fingerprint density at radius 2 is 2.60 bits per heavy atom. The Bertz CT molecular complexity index is 350. The predicted molar refractivity (Wildman–Crippen MR) is 57.0 cm³/mol. The van der Waals surface area contributed by atoms with Crippen LogP contribution in [0.15, 0.2) is 16.0 Å². The lowest BCUT2D eigenvalue weighted by molar-refractivity contribution is 0.0946.